The maximum absolute atomic E-state index is 5.41. The van der Waals surface area contributed by atoms with Crippen LogP contribution in [0.3, 0.4) is 0 Å². The van der Waals surface area contributed by atoms with Crippen LogP contribution >= 0.6 is 15.9 Å². The van der Waals surface area contributed by atoms with Crippen LogP contribution in [0.1, 0.15) is 0 Å². The molecule has 0 bridgehead atoms. The van der Waals surface area contributed by atoms with Crippen LogP contribution in [0.2, 0.25) is 0 Å². The molecule has 2 aromatic rings. The minimum Gasteiger partial charge on any atom is -0.382 e. The molecule has 0 spiro atoms. The van der Waals surface area contributed by atoms with E-state index in [1.165, 1.54) is 6.20 Å². The number of nitrogens with zero attached hydrogens (tertiary/aromatic N) is 4. The molecule has 70 valence electrons. The van der Waals surface area contributed by atoms with E-state index in [0.717, 1.165) is 0 Å². The second-order valence-electron chi connectivity index (χ2n) is 2.57. The SMILES string of the molecule is Nc1cnc(-c2ccc(Br)nn2)cn1. The summed E-state index contributed by atoms with van der Waals surface area (Å²) in [5.74, 6) is 0.388. The van der Waals surface area contributed by atoms with E-state index in [1.54, 1.807) is 18.3 Å². The molecule has 14 heavy (non-hydrogen) atoms. The van der Waals surface area contributed by atoms with Crippen LogP contribution in [-0.2, 0) is 0 Å². The predicted molar refractivity (Wildman–Crippen MR) is 55.2 cm³/mol. The maximum atomic E-state index is 5.41. The second-order valence-corrected chi connectivity index (χ2v) is 3.38. The van der Waals surface area contributed by atoms with E-state index in [9.17, 15) is 0 Å². The first-order chi connectivity index (χ1) is 6.75. The van der Waals surface area contributed by atoms with Gasteiger partial charge in [0.2, 0.25) is 0 Å². The Balaban J connectivity index is 2.40. The Hall–Kier alpha value is -1.56. The van der Waals surface area contributed by atoms with Crippen molar-refractivity contribution in [1.29, 1.82) is 0 Å². The van der Waals surface area contributed by atoms with Gasteiger partial charge in [-0.25, -0.2) is 9.97 Å². The van der Waals surface area contributed by atoms with Crippen molar-refractivity contribution in [1.82, 2.24) is 20.2 Å². The average molecular weight is 252 g/mol. The number of nitrogen functional groups attached to an aromatic ring is 1. The summed E-state index contributed by atoms with van der Waals surface area (Å²) in [5.41, 5.74) is 6.73. The number of nitrogens with two attached hydrogens (primary N) is 1. The third-order valence-electron chi connectivity index (χ3n) is 1.57. The molecule has 0 aliphatic heterocycles. The maximum Gasteiger partial charge on any atom is 0.141 e. The monoisotopic (exact) mass is 251 g/mol. The van der Waals surface area contributed by atoms with Gasteiger partial charge in [0.05, 0.1) is 12.4 Å². The van der Waals surface area contributed by atoms with E-state index in [4.69, 9.17) is 5.73 Å². The van der Waals surface area contributed by atoms with Crippen molar-refractivity contribution < 1.29 is 0 Å². The lowest BCUT2D eigenvalue weighted by Crippen LogP contribution is -1.94. The quantitative estimate of drug-likeness (QED) is 0.827. The van der Waals surface area contributed by atoms with Gasteiger partial charge in [-0.1, -0.05) is 0 Å². The lowest BCUT2D eigenvalue weighted by Gasteiger charge is -1.98. The summed E-state index contributed by atoms with van der Waals surface area (Å²) < 4.78 is 0.685. The fourth-order valence-corrected chi connectivity index (χ4v) is 1.13. The molecule has 0 atom stereocenters. The van der Waals surface area contributed by atoms with Gasteiger partial charge in [0, 0.05) is 0 Å². The van der Waals surface area contributed by atoms with Crippen LogP contribution in [-0.4, -0.2) is 20.2 Å². The highest BCUT2D eigenvalue weighted by molar-refractivity contribution is 9.10. The standard InChI is InChI=1S/C8H6BrN5/c9-7-2-1-5(13-14-7)6-3-12-8(10)4-11-6/h1-4H,(H2,10,12). The molecule has 0 fully saturated rings. The highest BCUT2D eigenvalue weighted by Crippen LogP contribution is 2.13. The zero-order valence-electron chi connectivity index (χ0n) is 7.05. The third-order valence-corrected chi connectivity index (χ3v) is 1.99. The van der Waals surface area contributed by atoms with Gasteiger partial charge in [0.25, 0.3) is 0 Å². The van der Waals surface area contributed by atoms with E-state index < -0.39 is 0 Å². The smallest absolute Gasteiger partial charge is 0.141 e. The van der Waals surface area contributed by atoms with E-state index in [-0.39, 0.29) is 0 Å². The van der Waals surface area contributed by atoms with E-state index in [0.29, 0.717) is 21.8 Å². The van der Waals surface area contributed by atoms with Gasteiger partial charge >= 0.3 is 0 Å². The van der Waals surface area contributed by atoms with Crippen LogP contribution in [0.4, 0.5) is 5.82 Å². The molecular formula is C8H6BrN5. The largest absolute Gasteiger partial charge is 0.382 e. The summed E-state index contributed by atoms with van der Waals surface area (Å²) in [6.07, 6.45) is 3.05. The summed E-state index contributed by atoms with van der Waals surface area (Å²) in [6.45, 7) is 0. The van der Waals surface area contributed by atoms with Crippen molar-refractivity contribution in [3.05, 3.63) is 29.1 Å². The zero-order valence-corrected chi connectivity index (χ0v) is 8.64. The number of aromatic nitrogens is 4. The van der Waals surface area contributed by atoms with Gasteiger partial charge < -0.3 is 5.73 Å². The lowest BCUT2D eigenvalue weighted by atomic mass is 10.3. The second kappa shape index (κ2) is 3.67. The van der Waals surface area contributed by atoms with E-state index in [2.05, 4.69) is 36.1 Å². The molecule has 0 amide bonds. The van der Waals surface area contributed by atoms with Gasteiger partial charge in [-0.2, -0.15) is 0 Å². The van der Waals surface area contributed by atoms with Gasteiger partial charge in [0.15, 0.2) is 0 Å². The molecule has 2 aromatic heterocycles. The predicted octanol–water partition coefficient (Wildman–Crippen LogP) is 1.28. The lowest BCUT2D eigenvalue weighted by molar-refractivity contribution is 1.00. The van der Waals surface area contributed by atoms with Crippen molar-refractivity contribution in [2.24, 2.45) is 0 Å². The number of hydrogen-bond acceptors (Lipinski definition) is 5. The van der Waals surface area contributed by atoms with Gasteiger partial charge in [-0.05, 0) is 28.1 Å². The van der Waals surface area contributed by atoms with Gasteiger partial charge in [-0.3, -0.25) is 0 Å². The Labute approximate surface area is 88.5 Å². The number of rotatable bonds is 1. The number of halogens is 1. The van der Waals surface area contributed by atoms with Crippen molar-refractivity contribution in [2.75, 3.05) is 5.73 Å². The topological polar surface area (TPSA) is 77.6 Å². The molecular weight excluding hydrogens is 246 g/mol. The normalized spacial score (nSPS) is 10.1. The molecule has 0 aliphatic rings. The molecule has 0 saturated heterocycles. The first-order valence-corrected chi connectivity index (χ1v) is 4.62. The van der Waals surface area contributed by atoms with Gasteiger partial charge in [-0.15, -0.1) is 10.2 Å². The molecule has 2 rings (SSSR count). The molecule has 2 heterocycles. The van der Waals surface area contributed by atoms with Crippen LogP contribution in [0, 0.1) is 0 Å². The van der Waals surface area contributed by atoms with Crippen molar-refractivity contribution in [3.63, 3.8) is 0 Å². The van der Waals surface area contributed by atoms with Crippen molar-refractivity contribution in [3.8, 4) is 11.4 Å². The van der Waals surface area contributed by atoms with Crippen molar-refractivity contribution in [2.45, 2.75) is 0 Å². The molecule has 0 unspecified atom stereocenters. The molecule has 2 N–H and O–H groups in total. The third kappa shape index (κ3) is 1.85. The minimum atomic E-state index is 0.388. The Morgan fingerprint density at radius 3 is 2.43 bits per heavy atom. The van der Waals surface area contributed by atoms with E-state index >= 15 is 0 Å². The van der Waals surface area contributed by atoms with Crippen LogP contribution in [0.25, 0.3) is 11.4 Å². The summed E-state index contributed by atoms with van der Waals surface area (Å²) in [7, 11) is 0. The molecule has 0 saturated carbocycles. The highest BCUT2D eigenvalue weighted by Gasteiger charge is 2.01. The summed E-state index contributed by atoms with van der Waals surface area (Å²) >= 11 is 3.20. The van der Waals surface area contributed by atoms with Crippen LogP contribution < -0.4 is 5.73 Å². The summed E-state index contributed by atoms with van der Waals surface area (Å²) in [6, 6.07) is 3.59. The van der Waals surface area contributed by atoms with Crippen LogP contribution in [0.15, 0.2) is 29.1 Å². The van der Waals surface area contributed by atoms with E-state index in [1.807, 2.05) is 0 Å². The van der Waals surface area contributed by atoms with Crippen molar-refractivity contribution >= 4 is 21.7 Å². The minimum absolute atomic E-state index is 0.388. The first-order valence-electron chi connectivity index (χ1n) is 3.83. The Kier molecular flexibility index (Phi) is 2.36. The summed E-state index contributed by atoms with van der Waals surface area (Å²) in [4.78, 5) is 7.99. The van der Waals surface area contributed by atoms with Crippen LogP contribution in [0.5, 0.6) is 0 Å². The number of anilines is 1. The Morgan fingerprint density at radius 2 is 1.86 bits per heavy atom. The zero-order chi connectivity index (χ0) is 9.97. The van der Waals surface area contributed by atoms with Gasteiger partial charge in [0.1, 0.15) is 21.8 Å². The fourth-order valence-electron chi connectivity index (χ4n) is 0.923. The molecule has 0 aromatic carbocycles. The molecule has 6 heteroatoms. The first kappa shape index (κ1) is 9.01. The Morgan fingerprint density at radius 1 is 1.00 bits per heavy atom. The summed E-state index contributed by atoms with van der Waals surface area (Å²) in [5, 5.41) is 7.78. The molecule has 0 radical (unpaired) electrons. The molecule has 5 nitrogen and oxygen atoms in total. The molecule has 0 aliphatic carbocycles. The Bertz CT molecular complexity index is 381. The highest BCUT2D eigenvalue weighted by atomic mass is 79.9. The fraction of sp³-hybridized carbons (Fsp3) is 0. The average Bonchev–Trinajstić information content (AvgIpc) is 2.21. The number of hydrogen-bond donors (Lipinski definition) is 1.